The topological polar surface area (TPSA) is 49.9 Å². The summed E-state index contributed by atoms with van der Waals surface area (Å²) in [6.45, 7) is 1.53. The van der Waals surface area contributed by atoms with E-state index in [1.54, 1.807) is 18.3 Å². The van der Waals surface area contributed by atoms with Gasteiger partial charge in [-0.1, -0.05) is 24.3 Å². The zero-order chi connectivity index (χ0) is 11.5. The van der Waals surface area contributed by atoms with E-state index in [2.05, 4.69) is 4.98 Å². The van der Waals surface area contributed by atoms with Crippen LogP contribution in [-0.2, 0) is 0 Å². The van der Waals surface area contributed by atoms with Crippen LogP contribution >= 0.6 is 0 Å². The maximum atomic E-state index is 11.1. The fraction of sp³-hybridized carbons (Fsp3) is 0.0769. The normalized spacial score (nSPS) is 10.1. The van der Waals surface area contributed by atoms with Crippen molar-refractivity contribution in [2.75, 3.05) is 0 Å². The molecule has 0 fully saturated rings. The van der Waals surface area contributed by atoms with Gasteiger partial charge in [-0.25, -0.2) is 0 Å². The van der Waals surface area contributed by atoms with Crippen LogP contribution < -0.4 is 5.56 Å². The van der Waals surface area contributed by atoms with E-state index in [-0.39, 0.29) is 11.3 Å². The number of nitrogens with one attached hydrogen (secondary N) is 1. The van der Waals surface area contributed by atoms with Crippen LogP contribution in [0.25, 0.3) is 11.1 Å². The smallest absolute Gasteiger partial charge is 0.248 e. The second-order valence-electron chi connectivity index (χ2n) is 3.58. The minimum Gasteiger partial charge on any atom is -0.329 e. The van der Waals surface area contributed by atoms with Crippen LogP contribution in [0.2, 0.25) is 0 Å². The number of carbonyl (C=O) groups is 1. The molecule has 0 saturated carbocycles. The lowest BCUT2D eigenvalue weighted by molar-refractivity contribution is 0.101. The van der Waals surface area contributed by atoms with Crippen molar-refractivity contribution in [1.29, 1.82) is 0 Å². The molecule has 0 saturated heterocycles. The fourth-order valence-corrected chi connectivity index (χ4v) is 1.52. The highest BCUT2D eigenvalue weighted by atomic mass is 16.1. The van der Waals surface area contributed by atoms with Crippen molar-refractivity contribution in [1.82, 2.24) is 4.98 Å². The predicted octanol–water partition coefficient (Wildman–Crippen LogP) is 2.24. The monoisotopic (exact) mass is 213 g/mol. The van der Waals surface area contributed by atoms with Crippen LogP contribution in [0.15, 0.2) is 47.4 Å². The molecule has 0 bridgehead atoms. The van der Waals surface area contributed by atoms with Crippen LogP contribution in [0.3, 0.4) is 0 Å². The van der Waals surface area contributed by atoms with E-state index in [4.69, 9.17) is 0 Å². The van der Waals surface area contributed by atoms with Gasteiger partial charge < -0.3 is 4.98 Å². The van der Waals surface area contributed by atoms with Crippen LogP contribution in [0, 0.1) is 0 Å². The third kappa shape index (κ3) is 2.08. The van der Waals surface area contributed by atoms with Gasteiger partial charge in [-0.05, 0) is 24.1 Å². The molecule has 2 aromatic rings. The molecule has 1 heterocycles. The summed E-state index contributed by atoms with van der Waals surface area (Å²) in [4.78, 5) is 24.8. The summed E-state index contributed by atoms with van der Waals surface area (Å²) in [6, 6.07) is 10.6. The lowest BCUT2D eigenvalue weighted by Gasteiger charge is -2.01. The molecule has 0 unspecified atom stereocenters. The average Bonchev–Trinajstić information content (AvgIpc) is 2.29. The van der Waals surface area contributed by atoms with E-state index in [1.807, 2.05) is 18.2 Å². The lowest BCUT2D eigenvalue weighted by atomic mass is 10.0. The Kier molecular flexibility index (Phi) is 2.68. The van der Waals surface area contributed by atoms with Crippen LogP contribution in [0.1, 0.15) is 17.3 Å². The number of carbonyl (C=O) groups excluding carboxylic acids is 1. The minimum atomic E-state index is -0.131. The maximum absolute atomic E-state index is 11.1. The van der Waals surface area contributed by atoms with Gasteiger partial charge in [0.05, 0.1) is 0 Å². The van der Waals surface area contributed by atoms with Crippen molar-refractivity contribution in [2.24, 2.45) is 0 Å². The van der Waals surface area contributed by atoms with Crippen LogP contribution in [0.4, 0.5) is 0 Å². The number of ketones is 1. The molecule has 16 heavy (non-hydrogen) atoms. The van der Waals surface area contributed by atoms with Gasteiger partial charge in [0.1, 0.15) is 0 Å². The summed E-state index contributed by atoms with van der Waals surface area (Å²) in [5.74, 6) is 0.0393. The fourth-order valence-electron chi connectivity index (χ4n) is 1.52. The molecular weight excluding hydrogens is 202 g/mol. The van der Waals surface area contributed by atoms with Gasteiger partial charge >= 0.3 is 0 Å². The van der Waals surface area contributed by atoms with Crippen molar-refractivity contribution in [3.05, 3.63) is 58.5 Å². The molecule has 80 valence electrons. The molecule has 0 atom stereocenters. The largest absolute Gasteiger partial charge is 0.329 e. The van der Waals surface area contributed by atoms with E-state index in [9.17, 15) is 9.59 Å². The first-order valence-corrected chi connectivity index (χ1v) is 4.97. The van der Waals surface area contributed by atoms with E-state index in [1.165, 1.54) is 13.0 Å². The first kappa shape index (κ1) is 10.4. The quantitative estimate of drug-likeness (QED) is 0.778. The van der Waals surface area contributed by atoms with Gasteiger partial charge in [0.15, 0.2) is 5.78 Å². The molecule has 1 aromatic heterocycles. The molecule has 1 aromatic carbocycles. The minimum absolute atomic E-state index is 0.0393. The van der Waals surface area contributed by atoms with Gasteiger partial charge in [-0.15, -0.1) is 0 Å². The lowest BCUT2D eigenvalue weighted by Crippen LogP contribution is -2.02. The maximum Gasteiger partial charge on any atom is 0.248 e. The number of aromatic amines is 1. The standard InChI is InChI=1S/C13H11NO2/c1-9(15)10-2-4-11(5-3-10)12-6-7-14-13(16)8-12/h2-8H,1H3,(H,14,16). The number of rotatable bonds is 2. The number of hydrogen-bond acceptors (Lipinski definition) is 2. The Balaban J connectivity index is 2.42. The predicted molar refractivity (Wildman–Crippen MR) is 62.5 cm³/mol. The molecule has 3 nitrogen and oxygen atoms in total. The Morgan fingerprint density at radius 2 is 1.75 bits per heavy atom. The molecule has 0 aliphatic rings. The van der Waals surface area contributed by atoms with Crippen molar-refractivity contribution in [2.45, 2.75) is 6.92 Å². The molecule has 2 rings (SSSR count). The van der Waals surface area contributed by atoms with E-state index < -0.39 is 0 Å². The third-order valence-electron chi connectivity index (χ3n) is 2.40. The number of pyridine rings is 1. The number of aromatic nitrogens is 1. The number of H-pyrrole nitrogens is 1. The number of benzene rings is 1. The third-order valence-corrected chi connectivity index (χ3v) is 2.40. The zero-order valence-corrected chi connectivity index (χ0v) is 8.86. The average molecular weight is 213 g/mol. The molecular formula is C13H11NO2. The molecule has 1 N–H and O–H groups in total. The SMILES string of the molecule is CC(=O)c1ccc(-c2cc[nH]c(=O)c2)cc1. The summed E-state index contributed by atoms with van der Waals surface area (Å²) in [5.41, 5.74) is 2.32. The van der Waals surface area contributed by atoms with E-state index in [0.717, 1.165) is 11.1 Å². The summed E-state index contributed by atoms with van der Waals surface area (Å²) < 4.78 is 0. The van der Waals surface area contributed by atoms with Gasteiger partial charge in [-0.2, -0.15) is 0 Å². The van der Waals surface area contributed by atoms with Gasteiger partial charge in [0.25, 0.3) is 0 Å². The van der Waals surface area contributed by atoms with Crippen molar-refractivity contribution in [3.8, 4) is 11.1 Å². The Morgan fingerprint density at radius 1 is 1.06 bits per heavy atom. The van der Waals surface area contributed by atoms with E-state index in [0.29, 0.717) is 5.56 Å². The second kappa shape index (κ2) is 4.14. The van der Waals surface area contributed by atoms with Crippen molar-refractivity contribution in [3.63, 3.8) is 0 Å². The first-order valence-electron chi connectivity index (χ1n) is 4.97. The van der Waals surface area contributed by atoms with Gasteiger partial charge in [0.2, 0.25) is 5.56 Å². The summed E-state index contributed by atoms with van der Waals surface area (Å²) in [6.07, 6.45) is 1.61. The summed E-state index contributed by atoms with van der Waals surface area (Å²) in [5, 5.41) is 0. The summed E-state index contributed by atoms with van der Waals surface area (Å²) >= 11 is 0. The molecule has 0 spiro atoms. The molecule has 0 aliphatic heterocycles. The molecule has 0 amide bonds. The molecule has 0 aliphatic carbocycles. The van der Waals surface area contributed by atoms with Gasteiger partial charge in [-0.3, -0.25) is 9.59 Å². The first-order chi connectivity index (χ1) is 7.66. The van der Waals surface area contributed by atoms with Crippen molar-refractivity contribution < 1.29 is 4.79 Å². The van der Waals surface area contributed by atoms with Crippen molar-refractivity contribution >= 4 is 5.78 Å². The van der Waals surface area contributed by atoms with Crippen LogP contribution in [0.5, 0.6) is 0 Å². The highest BCUT2D eigenvalue weighted by Gasteiger charge is 2.01. The second-order valence-corrected chi connectivity index (χ2v) is 3.58. The number of Topliss-reactive ketones (excluding diaryl/α,β-unsaturated/α-hetero) is 1. The summed E-state index contributed by atoms with van der Waals surface area (Å²) in [7, 11) is 0. The molecule has 3 heteroatoms. The zero-order valence-electron chi connectivity index (χ0n) is 8.86. The highest BCUT2D eigenvalue weighted by Crippen LogP contribution is 2.17. The van der Waals surface area contributed by atoms with Crippen LogP contribution in [-0.4, -0.2) is 10.8 Å². The van der Waals surface area contributed by atoms with E-state index >= 15 is 0 Å². The Labute approximate surface area is 92.8 Å². The molecule has 0 radical (unpaired) electrons. The van der Waals surface area contributed by atoms with Gasteiger partial charge in [0, 0.05) is 17.8 Å². The Hall–Kier alpha value is -2.16. The Bertz CT molecular complexity index is 567. The Morgan fingerprint density at radius 3 is 2.31 bits per heavy atom. The highest BCUT2D eigenvalue weighted by molar-refractivity contribution is 5.94. The number of hydrogen-bond donors (Lipinski definition) is 1.